The van der Waals surface area contributed by atoms with Crippen LogP contribution in [0.3, 0.4) is 0 Å². The second-order valence-electron chi connectivity index (χ2n) is 10.3. The number of nitrogens with one attached hydrogen (secondary N) is 1. The molecule has 43 heavy (non-hydrogen) atoms. The van der Waals surface area contributed by atoms with Gasteiger partial charge in [-0.05, 0) is 54.9 Å². The Kier molecular flexibility index (Phi) is 7.83. The highest BCUT2D eigenvalue weighted by Crippen LogP contribution is 2.33. The molecule has 2 aromatic heterocycles. The molecule has 0 radical (unpaired) electrons. The lowest BCUT2D eigenvalue weighted by atomic mass is 10.1. The van der Waals surface area contributed by atoms with E-state index < -0.39 is 10.0 Å². The minimum absolute atomic E-state index is 0.0578. The van der Waals surface area contributed by atoms with Crippen LogP contribution in [0.5, 0.6) is 5.75 Å². The number of imidazole rings is 1. The standard InChI is InChI=1S/C32H32N6O4S/c1-2-16-42-30-12-11-24(43(40,41)38-15-7-6-10-23(38)13-14-33)17-26(30)31-35-27-19-28-29(18-25(27)32(39)36-31)37(21-34-28)20-22-8-4-3-5-9-22/h3-12,17-19,21H,2,13-16,20,33H2,1H3,(H,35,36,39). The topological polar surface area (TPSA) is 136 Å². The molecule has 1 aliphatic rings. The second-order valence-corrected chi connectivity index (χ2v) is 12.2. The second kappa shape index (κ2) is 11.9. The Labute approximate surface area is 249 Å². The Morgan fingerprint density at radius 1 is 1.07 bits per heavy atom. The number of aromatic amines is 1. The number of H-pyrrole nitrogens is 1. The number of benzene rings is 3. The van der Waals surface area contributed by atoms with E-state index in [0.717, 1.165) is 17.5 Å². The van der Waals surface area contributed by atoms with Crippen molar-refractivity contribution in [3.8, 4) is 17.1 Å². The first-order chi connectivity index (χ1) is 20.9. The third-order valence-corrected chi connectivity index (χ3v) is 9.13. The summed E-state index contributed by atoms with van der Waals surface area (Å²) < 4.78 is 36.9. The summed E-state index contributed by atoms with van der Waals surface area (Å²) >= 11 is 0. The van der Waals surface area contributed by atoms with Gasteiger partial charge in [0.1, 0.15) is 11.6 Å². The van der Waals surface area contributed by atoms with E-state index in [4.69, 9.17) is 15.5 Å². The zero-order chi connectivity index (χ0) is 30.0. The van der Waals surface area contributed by atoms with E-state index in [1.54, 1.807) is 36.7 Å². The first-order valence-corrected chi connectivity index (χ1v) is 15.6. The largest absolute Gasteiger partial charge is 0.493 e. The number of aromatic nitrogens is 4. The molecule has 0 spiro atoms. The monoisotopic (exact) mass is 596 g/mol. The van der Waals surface area contributed by atoms with Gasteiger partial charge in [0.15, 0.2) is 0 Å². The maximum atomic E-state index is 13.8. The molecule has 1 aliphatic heterocycles. The summed E-state index contributed by atoms with van der Waals surface area (Å²) in [6.45, 7) is 3.53. The van der Waals surface area contributed by atoms with E-state index in [-0.39, 0.29) is 22.8 Å². The smallest absolute Gasteiger partial charge is 0.264 e. The minimum atomic E-state index is -3.94. The van der Waals surface area contributed by atoms with E-state index >= 15 is 0 Å². The van der Waals surface area contributed by atoms with E-state index in [1.807, 2.05) is 47.9 Å². The molecular formula is C32H32N6O4S. The van der Waals surface area contributed by atoms with Crippen LogP contribution in [0.2, 0.25) is 0 Å². The molecule has 0 bridgehead atoms. The fourth-order valence-corrected chi connectivity index (χ4v) is 6.69. The number of nitrogens with two attached hydrogens (primary N) is 1. The van der Waals surface area contributed by atoms with Gasteiger partial charge in [-0.2, -0.15) is 0 Å². The zero-order valence-electron chi connectivity index (χ0n) is 23.7. The fourth-order valence-electron chi connectivity index (χ4n) is 5.19. The quantitative estimate of drug-likeness (QED) is 0.241. The van der Waals surface area contributed by atoms with Gasteiger partial charge in [0.2, 0.25) is 0 Å². The summed E-state index contributed by atoms with van der Waals surface area (Å²) in [5.41, 5.74) is 9.46. The summed E-state index contributed by atoms with van der Waals surface area (Å²) in [5, 5.41) is 0.405. The highest BCUT2D eigenvalue weighted by molar-refractivity contribution is 7.89. The SMILES string of the molecule is CCCOc1ccc(S(=O)(=O)N2CC=CC=C2CCN)cc1-c1nc2cc3ncn(Cc4ccccc4)c3cc2c(=O)[nH]1. The lowest BCUT2D eigenvalue weighted by Crippen LogP contribution is -2.33. The summed E-state index contributed by atoms with van der Waals surface area (Å²) in [5.74, 6) is 0.632. The van der Waals surface area contributed by atoms with Crippen molar-refractivity contribution in [1.29, 1.82) is 0 Å². The third kappa shape index (κ3) is 5.56. The van der Waals surface area contributed by atoms with Crippen LogP contribution in [0.1, 0.15) is 25.3 Å². The van der Waals surface area contributed by atoms with Gasteiger partial charge in [0, 0.05) is 18.7 Å². The van der Waals surface area contributed by atoms with Gasteiger partial charge in [0.05, 0.1) is 51.9 Å². The van der Waals surface area contributed by atoms with Crippen molar-refractivity contribution in [3.63, 3.8) is 0 Å². The summed E-state index contributed by atoms with van der Waals surface area (Å²) in [7, 11) is -3.94. The molecule has 0 aliphatic carbocycles. The molecule has 3 N–H and O–H groups in total. The van der Waals surface area contributed by atoms with Crippen LogP contribution >= 0.6 is 0 Å². The molecule has 5 aromatic rings. The zero-order valence-corrected chi connectivity index (χ0v) is 24.5. The van der Waals surface area contributed by atoms with Crippen LogP contribution in [-0.2, 0) is 16.6 Å². The van der Waals surface area contributed by atoms with Crippen LogP contribution in [0.25, 0.3) is 33.3 Å². The Bertz CT molecular complexity index is 2030. The Morgan fingerprint density at radius 2 is 1.91 bits per heavy atom. The Hall–Kier alpha value is -4.74. The molecule has 0 unspecified atom stereocenters. The summed E-state index contributed by atoms with van der Waals surface area (Å²) in [4.78, 5) is 25.7. The van der Waals surface area contributed by atoms with Gasteiger partial charge in [-0.3, -0.25) is 9.10 Å². The molecule has 10 nitrogen and oxygen atoms in total. The Balaban J connectivity index is 1.44. The van der Waals surface area contributed by atoms with Crippen LogP contribution < -0.4 is 16.0 Å². The fraction of sp³-hybridized carbons (Fsp3) is 0.219. The van der Waals surface area contributed by atoms with Gasteiger partial charge < -0.3 is 20.0 Å². The molecule has 3 heterocycles. The molecule has 0 amide bonds. The molecule has 0 saturated heterocycles. The lowest BCUT2D eigenvalue weighted by molar-refractivity contribution is 0.318. The highest BCUT2D eigenvalue weighted by atomic mass is 32.2. The van der Waals surface area contributed by atoms with Gasteiger partial charge in [0.25, 0.3) is 15.6 Å². The molecule has 6 rings (SSSR count). The average molecular weight is 597 g/mol. The van der Waals surface area contributed by atoms with Crippen molar-refractivity contribution < 1.29 is 13.2 Å². The molecular weight excluding hydrogens is 564 g/mol. The number of fused-ring (bicyclic) bond motifs is 2. The van der Waals surface area contributed by atoms with Crippen molar-refractivity contribution >= 4 is 32.0 Å². The minimum Gasteiger partial charge on any atom is -0.493 e. The number of allylic oxidation sites excluding steroid dienone is 2. The molecule has 11 heteroatoms. The number of ether oxygens (including phenoxy) is 1. The van der Waals surface area contributed by atoms with E-state index in [9.17, 15) is 13.2 Å². The number of nitrogens with zero attached hydrogens (tertiary/aromatic N) is 4. The maximum Gasteiger partial charge on any atom is 0.264 e. The van der Waals surface area contributed by atoms with Crippen LogP contribution in [-0.4, -0.2) is 51.9 Å². The first kappa shape index (κ1) is 28.4. The predicted octanol–water partition coefficient (Wildman–Crippen LogP) is 4.57. The molecule has 0 fully saturated rings. The summed E-state index contributed by atoms with van der Waals surface area (Å²) in [6.07, 6.45) is 8.29. The van der Waals surface area contributed by atoms with E-state index in [0.29, 0.717) is 59.5 Å². The lowest BCUT2D eigenvalue weighted by Gasteiger charge is -2.28. The highest BCUT2D eigenvalue weighted by Gasteiger charge is 2.28. The molecule has 220 valence electrons. The van der Waals surface area contributed by atoms with Crippen LogP contribution in [0, 0.1) is 0 Å². The van der Waals surface area contributed by atoms with Gasteiger partial charge >= 0.3 is 0 Å². The molecule has 0 atom stereocenters. The summed E-state index contributed by atoms with van der Waals surface area (Å²) in [6, 6.07) is 18.2. The third-order valence-electron chi connectivity index (χ3n) is 7.32. The predicted molar refractivity (Wildman–Crippen MR) is 167 cm³/mol. The van der Waals surface area contributed by atoms with Gasteiger partial charge in [-0.25, -0.2) is 18.4 Å². The number of hydrogen-bond donors (Lipinski definition) is 2. The van der Waals surface area contributed by atoms with Crippen LogP contribution in [0.4, 0.5) is 0 Å². The normalized spacial score (nSPS) is 13.5. The van der Waals surface area contributed by atoms with Crippen molar-refractivity contribution in [2.45, 2.75) is 31.2 Å². The van der Waals surface area contributed by atoms with Crippen molar-refractivity contribution in [1.82, 2.24) is 23.8 Å². The van der Waals surface area contributed by atoms with Gasteiger partial charge in [-0.15, -0.1) is 0 Å². The van der Waals surface area contributed by atoms with Crippen molar-refractivity contribution in [2.75, 3.05) is 19.7 Å². The van der Waals surface area contributed by atoms with Crippen molar-refractivity contribution in [3.05, 3.63) is 107 Å². The van der Waals surface area contributed by atoms with Gasteiger partial charge in [-0.1, -0.05) is 49.4 Å². The average Bonchev–Trinajstić information content (AvgIpc) is 3.41. The number of hydrogen-bond acceptors (Lipinski definition) is 7. The van der Waals surface area contributed by atoms with E-state index in [2.05, 4.69) is 9.97 Å². The van der Waals surface area contributed by atoms with Crippen molar-refractivity contribution in [2.24, 2.45) is 5.73 Å². The molecule has 3 aromatic carbocycles. The first-order valence-electron chi connectivity index (χ1n) is 14.2. The molecule has 0 saturated carbocycles. The number of rotatable bonds is 10. The number of sulfonamides is 1. The Morgan fingerprint density at radius 3 is 2.70 bits per heavy atom. The van der Waals surface area contributed by atoms with Crippen LogP contribution in [0.15, 0.2) is 101 Å². The maximum absolute atomic E-state index is 13.8. The van der Waals surface area contributed by atoms with E-state index in [1.165, 1.54) is 16.4 Å².